The topological polar surface area (TPSA) is 9.23 Å². The summed E-state index contributed by atoms with van der Waals surface area (Å²) in [5.74, 6) is 3.33. The van der Waals surface area contributed by atoms with Crippen molar-refractivity contribution < 1.29 is 28.7 Å². The zero-order chi connectivity index (χ0) is 20.7. The first-order chi connectivity index (χ1) is 14.8. The van der Waals surface area contributed by atoms with Crippen molar-refractivity contribution in [2.24, 2.45) is 0 Å². The molecule has 4 aromatic carbocycles. The number of ether oxygens (including phenoxy) is 1. The second-order valence-corrected chi connectivity index (χ2v) is 10.3. The summed E-state index contributed by atoms with van der Waals surface area (Å²) in [6.07, 6.45) is 0. The maximum absolute atomic E-state index is 6.24. The van der Waals surface area contributed by atoms with Gasteiger partial charge in [-0.2, -0.15) is 0 Å². The molecule has 0 aliphatic heterocycles. The third kappa shape index (κ3) is 5.08. The first-order valence-corrected chi connectivity index (χ1v) is 12.2. The maximum Gasteiger partial charge on any atom is 0.162 e. The van der Waals surface area contributed by atoms with Gasteiger partial charge in [-0.25, -0.2) is 0 Å². The van der Waals surface area contributed by atoms with Crippen LogP contribution in [0.15, 0.2) is 127 Å². The Morgan fingerprint density at radius 2 is 0.968 bits per heavy atom. The van der Waals surface area contributed by atoms with Crippen molar-refractivity contribution in [1.82, 2.24) is 0 Å². The van der Waals surface area contributed by atoms with Crippen molar-refractivity contribution in [1.29, 1.82) is 0 Å². The van der Waals surface area contributed by atoms with E-state index in [9.17, 15) is 0 Å². The van der Waals surface area contributed by atoms with Gasteiger partial charge in [-0.3, -0.25) is 0 Å². The first-order valence-electron chi connectivity index (χ1n) is 10.3. The summed E-state index contributed by atoms with van der Waals surface area (Å²) in [7, 11) is -2.09. The van der Waals surface area contributed by atoms with Crippen LogP contribution in [0.2, 0.25) is 0 Å². The highest BCUT2D eigenvalue weighted by Gasteiger charge is 2.44. The van der Waals surface area contributed by atoms with Crippen molar-refractivity contribution in [2.75, 3.05) is 6.61 Å². The first kappa shape index (κ1) is 23.2. The zero-order valence-electron chi connectivity index (χ0n) is 17.6. The molecule has 0 heterocycles. The van der Waals surface area contributed by atoms with Crippen LogP contribution in [0, 0.1) is 0 Å². The summed E-state index contributed by atoms with van der Waals surface area (Å²) < 4.78 is 6.24. The largest absolute Gasteiger partial charge is 1.00 e. The smallest absolute Gasteiger partial charge is 0.162 e. The van der Waals surface area contributed by atoms with Crippen molar-refractivity contribution >= 4 is 28.9 Å². The predicted molar refractivity (Wildman–Crippen MR) is 131 cm³/mol. The van der Waals surface area contributed by atoms with Gasteiger partial charge in [0.2, 0.25) is 0 Å². The summed E-state index contributed by atoms with van der Waals surface area (Å²) in [6, 6.07) is 42.9. The van der Waals surface area contributed by atoms with Crippen LogP contribution in [0.3, 0.4) is 0 Å². The molecule has 0 atom stereocenters. The van der Waals surface area contributed by atoms with Crippen molar-refractivity contribution in [3.8, 4) is 0 Å². The summed E-state index contributed by atoms with van der Waals surface area (Å²) >= 11 is 0. The van der Waals surface area contributed by atoms with Gasteiger partial charge in [0.15, 0.2) is 5.76 Å². The molecule has 0 aliphatic rings. The number of rotatable bonds is 7. The fraction of sp³-hybridized carbons (Fsp3) is 0.0714. The van der Waals surface area contributed by atoms with E-state index < -0.39 is 7.26 Å². The number of benzene rings is 4. The van der Waals surface area contributed by atoms with Gasteiger partial charge in [-0.1, -0.05) is 84.9 Å². The second-order valence-electron chi connectivity index (χ2n) is 7.02. The van der Waals surface area contributed by atoms with Crippen molar-refractivity contribution in [2.45, 2.75) is 6.92 Å². The molecule has 0 N–H and O–H groups in total. The molecule has 4 rings (SSSR count). The van der Waals surface area contributed by atoms with Crippen molar-refractivity contribution in [3.63, 3.8) is 0 Å². The number of halogens is 1. The molecule has 3 heteroatoms. The van der Waals surface area contributed by atoms with Gasteiger partial charge in [0.05, 0.1) is 6.61 Å². The van der Waals surface area contributed by atoms with Gasteiger partial charge in [-0.15, -0.1) is 0 Å². The van der Waals surface area contributed by atoms with Gasteiger partial charge >= 0.3 is 0 Å². The van der Waals surface area contributed by atoms with Gasteiger partial charge in [0, 0.05) is 5.56 Å². The summed E-state index contributed by atoms with van der Waals surface area (Å²) in [4.78, 5) is 0. The van der Waals surface area contributed by atoms with Crippen LogP contribution in [-0.2, 0) is 4.74 Å². The lowest BCUT2D eigenvalue weighted by atomic mass is 10.2. The fourth-order valence-electron chi connectivity index (χ4n) is 3.79. The lowest BCUT2D eigenvalue weighted by Crippen LogP contribution is -3.00. The van der Waals surface area contributed by atoms with Crippen LogP contribution in [-0.4, -0.2) is 6.61 Å². The van der Waals surface area contributed by atoms with Crippen molar-refractivity contribution in [3.05, 3.63) is 133 Å². The van der Waals surface area contributed by atoms with Crippen LogP contribution in [0.1, 0.15) is 12.5 Å². The maximum atomic E-state index is 6.24. The highest BCUT2D eigenvalue weighted by Crippen LogP contribution is 2.58. The second kappa shape index (κ2) is 11.3. The van der Waals surface area contributed by atoms with Crippen LogP contribution >= 0.6 is 7.26 Å². The summed E-state index contributed by atoms with van der Waals surface area (Å²) in [6.45, 7) is 2.67. The van der Waals surface area contributed by atoms with E-state index in [2.05, 4.69) is 121 Å². The average molecular weight is 536 g/mol. The van der Waals surface area contributed by atoms with Gasteiger partial charge < -0.3 is 28.7 Å². The molecule has 0 aromatic heterocycles. The molecule has 0 aliphatic carbocycles. The Balaban J connectivity index is 0.00000272. The minimum absolute atomic E-state index is 0. The van der Waals surface area contributed by atoms with Crippen LogP contribution in [0.4, 0.5) is 0 Å². The Labute approximate surface area is 203 Å². The molecule has 1 nitrogen and oxygen atoms in total. The van der Waals surface area contributed by atoms with Gasteiger partial charge in [0.25, 0.3) is 0 Å². The van der Waals surface area contributed by atoms with E-state index in [1.165, 1.54) is 15.9 Å². The predicted octanol–water partition coefficient (Wildman–Crippen LogP) is 3.02. The molecule has 31 heavy (non-hydrogen) atoms. The van der Waals surface area contributed by atoms with Gasteiger partial charge in [-0.05, 0) is 43.3 Å². The van der Waals surface area contributed by atoms with E-state index in [1.54, 1.807) is 0 Å². The molecule has 4 aromatic rings. The average Bonchev–Trinajstić information content (AvgIpc) is 2.84. The van der Waals surface area contributed by atoms with Crippen LogP contribution in [0.5, 0.6) is 0 Å². The minimum Gasteiger partial charge on any atom is -1.00 e. The molecule has 0 bridgehead atoms. The Morgan fingerprint density at radius 3 is 1.32 bits per heavy atom. The Morgan fingerprint density at radius 1 is 0.613 bits per heavy atom. The molecular formula is C28H26IOP. The molecule has 0 saturated heterocycles. The fourth-order valence-corrected chi connectivity index (χ4v) is 7.63. The quantitative estimate of drug-likeness (QED) is 0.201. The highest BCUT2D eigenvalue weighted by atomic mass is 127. The third-order valence-electron chi connectivity index (χ3n) is 5.16. The van der Waals surface area contributed by atoms with Crippen LogP contribution in [0.25, 0.3) is 5.76 Å². The van der Waals surface area contributed by atoms with E-state index in [1.807, 2.05) is 13.0 Å². The minimum atomic E-state index is -2.09. The van der Waals surface area contributed by atoms with E-state index in [-0.39, 0.29) is 24.0 Å². The van der Waals surface area contributed by atoms with E-state index >= 15 is 0 Å². The molecule has 0 radical (unpaired) electrons. The number of hydrogen-bond donors (Lipinski definition) is 0. The standard InChI is InChI=1S/C28H26OP.HI/c1-2-29-28(24-15-7-3-8-16-24)23-30(25-17-9-4-10-18-25,26-19-11-5-12-20-26)27-21-13-6-14-22-27;/h3-23H,2H2,1H3;1H/q+1;/p-1/b28-23-;. The lowest BCUT2D eigenvalue weighted by Gasteiger charge is -2.25. The highest BCUT2D eigenvalue weighted by molar-refractivity contribution is 7.98. The molecule has 0 unspecified atom stereocenters. The molecule has 0 saturated carbocycles. The molecule has 0 spiro atoms. The number of hydrogen-bond acceptors (Lipinski definition) is 1. The van der Waals surface area contributed by atoms with Gasteiger partial charge in [0.1, 0.15) is 29.0 Å². The van der Waals surface area contributed by atoms with E-state index in [0.717, 1.165) is 11.3 Å². The Kier molecular flexibility index (Phi) is 8.45. The molecule has 0 amide bonds. The Hall–Kier alpha value is -2.42. The summed E-state index contributed by atoms with van der Waals surface area (Å²) in [5, 5.41) is 3.95. The van der Waals surface area contributed by atoms with E-state index in [4.69, 9.17) is 4.74 Å². The zero-order valence-corrected chi connectivity index (χ0v) is 20.6. The SMILES string of the molecule is CCO/C(=C\[P+](c1ccccc1)(c1ccccc1)c1ccccc1)c1ccccc1.[I-]. The molecule has 156 valence electrons. The molecular weight excluding hydrogens is 510 g/mol. The third-order valence-corrected chi connectivity index (χ3v) is 9.12. The summed E-state index contributed by atoms with van der Waals surface area (Å²) in [5.41, 5.74) is 1.10. The lowest BCUT2D eigenvalue weighted by molar-refractivity contribution is -0.00000650. The molecule has 0 fully saturated rings. The monoisotopic (exact) mass is 536 g/mol. The Bertz CT molecular complexity index is 984. The van der Waals surface area contributed by atoms with E-state index in [0.29, 0.717) is 6.61 Å². The van der Waals surface area contributed by atoms with Crippen LogP contribution < -0.4 is 39.9 Å². The normalized spacial score (nSPS) is 11.5.